The predicted octanol–water partition coefficient (Wildman–Crippen LogP) is 1.17. The van der Waals surface area contributed by atoms with Gasteiger partial charge in [0, 0.05) is 17.6 Å². The monoisotopic (exact) mass is 259 g/mol. The molecule has 96 valence electrons. The minimum absolute atomic E-state index is 0.0878. The summed E-state index contributed by atoms with van der Waals surface area (Å²) in [6, 6.07) is 2.83. The van der Waals surface area contributed by atoms with E-state index in [0.717, 1.165) is 17.6 Å². The Bertz CT molecular complexity index is 496. The molecule has 6 heteroatoms. The molecule has 1 atom stereocenters. The van der Waals surface area contributed by atoms with Crippen molar-refractivity contribution in [3.63, 3.8) is 0 Å². The van der Waals surface area contributed by atoms with E-state index in [0.29, 0.717) is 0 Å². The van der Waals surface area contributed by atoms with Gasteiger partial charge >= 0.3 is 5.97 Å². The molecule has 0 radical (unpaired) electrons. The number of rotatable bonds is 5. The van der Waals surface area contributed by atoms with E-state index in [2.05, 4.69) is 0 Å². The van der Waals surface area contributed by atoms with Crippen LogP contribution in [0, 0.1) is 13.8 Å². The summed E-state index contributed by atoms with van der Waals surface area (Å²) in [7, 11) is -3.15. The topological polar surface area (TPSA) is 76.4 Å². The fourth-order valence-electron chi connectivity index (χ4n) is 1.86. The Kier molecular flexibility index (Phi) is 3.98. The molecule has 0 saturated heterocycles. The summed E-state index contributed by atoms with van der Waals surface area (Å²) in [4.78, 5) is 11.2. The van der Waals surface area contributed by atoms with Gasteiger partial charge in [0.05, 0.1) is 5.75 Å². The molecular weight excluding hydrogens is 242 g/mol. The van der Waals surface area contributed by atoms with Crippen LogP contribution >= 0.6 is 0 Å². The molecule has 5 nitrogen and oxygen atoms in total. The molecule has 0 spiro atoms. The van der Waals surface area contributed by atoms with Gasteiger partial charge in [-0.1, -0.05) is 0 Å². The maximum absolute atomic E-state index is 11.2. The fourth-order valence-corrected chi connectivity index (χ4v) is 2.51. The summed E-state index contributed by atoms with van der Waals surface area (Å²) in [5, 5.41) is 9.18. The maximum Gasteiger partial charge on any atom is 0.326 e. The molecule has 1 aromatic rings. The summed E-state index contributed by atoms with van der Waals surface area (Å²) in [5.41, 5.74) is 1.65. The normalized spacial score (nSPS) is 13.6. The Morgan fingerprint density at radius 2 is 1.82 bits per heavy atom. The summed E-state index contributed by atoms with van der Waals surface area (Å²) in [6.07, 6.45) is 1.20. The van der Waals surface area contributed by atoms with Crippen molar-refractivity contribution in [2.24, 2.45) is 0 Å². The van der Waals surface area contributed by atoms with Gasteiger partial charge < -0.3 is 9.67 Å². The molecule has 1 heterocycles. The summed E-state index contributed by atoms with van der Waals surface area (Å²) >= 11 is 0. The van der Waals surface area contributed by atoms with Crippen molar-refractivity contribution < 1.29 is 18.3 Å². The van der Waals surface area contributed by atoms with Crippen LogP contribution in [0.1, 0.15) is 23.9 Å². The zero-order valence-corrected chi connectivity index (χ0v) is 11.0. The number of sulfone groups is 1. The van der Waals surface area contributed by atoms with Gasteiger partial charge in [0.15, 0.2) is 0 Å². The second kappa shape index (κ2) is 4.91. The highest BCUT2D eigenvalue weighted by atomic mass is 32.2. The number of carboxylic acid groups (broad SMARTS) is 1. The largest absolute Gasteiger partial charge is 0.480 e. The van der Waals surface area contributed by atoms with Crippen molar-refractivity contribution >= 4 is 15.8 Å². The van der Waals surface area contributed by atoms with E-state index >= 15 is 0 Å². The first-order valence-electron chi connectivity index (χ1n) is 5.27. The van der Waals surface area contributed by atoms with E-state index in [9.17, 15) is 18.3 Å². The first-order valence-corrected chi connectivity index (χ1v) is 7.33. The van der Waals surface area contributed by atoms with Crippen LogP contribution in [-0.4, -0.2) is 36.1 Å². The molecular formula is C11H17NO4S. The van der Waals surface area contributed by atoms with E-state index in [-0.39, 0.29) is 12.2 Å². The van der Waals surface area contributed by atoms with Crippen LogP contribution in [0.3, 0.4) is 0 Å². The smallest absolute Gasteiger partial charge is 0.326 e. The number of carbonyl (C=O) groups is 1. The molecule has 0 aliphatic heterocycles. The van der Waals surface area contributed by atoms with E-state index in [1.165, 1.54) is 0 Å². The van der Waals surface area contributed by atoms with E-state index in [1.807, 2.05) is 26.0 Å². The Morgan fingerprint density at radius 1 is 1.35 bits per heavy atom. The lowest BCUT2D eigenvalue weighted by molar-refractivity contribution is -0.141. The molecule has 0 fully saturated rings. The minimum Gasteiger partial charge on any atom is -0.480 e. The van der Waals surface area contributed by atoms with Gasteiger partial charge in [-0.3, -0.25) is 0 Å². The highest BCUT2D eigenvalue weighted by molar-refractivity contribution is 7.90. The second-order valence-corrected chi connectivity index (χ2v) is 6.52. The Morgan fingerprint density at radius 3 is 2.18 bits per heavy atom. The molecule has 1 aromatic heterocycles. The highest BCUT2D eigenvalue weighted by Crippen LogP contribution is 2.19. The average Bonchev–Trinajstić information content (AvgIpc) is 2.47. The number of aryl methyl sites for hydroxylation is 2. The van der Waals surface area contributed by atoms with Gasteiger partial charge in [0.25, 0.3) is 0 Å². The third kappa shape index (κ3) is 3.59. The molecule has 0 saturated carbocycles. The van der Waals surface area contributed by atoms with Gasteiger partial charge in [0.2, 0.25) is 0 Å². The van der Waals surface area contributed by atoms with Crippen LogP contribution in [0.5, 0.6) is 0 Å². The molecule has 0 aromatic carbocycles. The molecule has 0 aliphatic rings. The molecule has 1 rings (SSSR count). The Labute approximate surface area is 101 Å². The van der Waals surface area contributed by atoms with Gasteiger partial charge in [-0.15, -0.1) is 0 Å². The van der Waals surface area contributed by atoms with Crippen LogP contribution in [0.25, 0.3) is 0 Å². The first kappa shape index (κ1) is 13.8. The molecule has 0 bridgehead atoms. The first-order chi connectivity index (χ1) is 7.72. The lowest BCUT2D eigenvalue weighted by atomic mass is 10.2. The zero-order chi connectivity index (χ0) is 13.2. The fraction of sp³-hybridized carbons (Fsp3) is 0.545. The van der Waals surface area contributed by atoms with Crippen LogP contribution in [0.15, 0.2) is 12.1 Å². The van der Waals surface area contributed by atoms with Gasteiger partial charge in [-0.05, 0) is 32.4 Å². The van der Waals surface area contributed by atoms with Crippen molar-refractivity contribution in [1.29, 1.82) is 0 Å². The highest BCUT2D eigenvalue weighted by Gasteiger charge is 2.23. The van der Waals surface area contributed by atoms with Crippen LogP contribution < -0.4 is 0 Å². The summed E-state index contributed by atoms with van der Waals surface area (Å²) in [5.74, 6) is -1.13. The quantitative estimate of drug-likeness (QED) is 0.861. The van der Waals surface area contributed by atoms with Crippen molar-refractivity contribution in [2.75, 3.05) is 12.0 Å². The van der Waals surface area contributed by atoms with Crippen LogP contribution in [0.4, 0.5) is 0 Å². The lowest BCUT2D eigenvalue weighted by Gasteiger charge is -2.18. The van der Waals surface area contributed by atoms with E-state index in [1.54, 1.807) is 4.57 Å². The number of carboxylic acids is 1. The molecule has 1 N–H and O–H groups in total. The van der Waals surface area contributed by atoms with E-state index < -0.39 is 21.8 Å². The van der Waals surface area contributed by atoms with Crippen molar-refractivity contribution in [2.45, 2.75) is 26.3 Å². The molecule has 17 heavy (non-hydrogen) atoms. The number of hydrogen-bond donors (Lipinski definition) is 1. The Hall–Kier alpha value is -1.30. The Balaban J connectivity index is 2.99. The predicted molar refractivity (Wildman–Crippen MR) is 64.9 cm³/mol. The van der Waals surface area contributed by atoms with Gasteiger partial charge in [-0.25, -0.2) is 13.2 Å². The maximum atomic E-state index is 11.2. The summed E-state index contributed by atoms with van der Waals surface area (Å²) in [6.45, 7) is 3.62. The SMILES string of the molecule is Cc1ccc(C)n1C(CCS(C)(=O)=O)C(=O)O. The average molecular weight is 259 g/mol. The zero-order valence-electron chi connectivity index (χ0n) is 10.2. The van der Waals surface area contributed by atoms with Gasteiger partial charge in [0.1, 0.15) is 15.9 Å². The third-order valence-electron chi connectivity index (χ3n) is 2.68. The van der Waals surface area contributed by atoms with Crippen molar-refractivity contribution in [3.05, 3.63) is 23.5 Å². The van der Waals surface area contributed by atoms with Gasteiger partial charge in [-0.2, -0.15) is 0 Å². The number of nitrogens with zero attached hydrogens (tertiary/aromatic N) is 1. The number of aliphatic carboxylic acids is 1. The summed E-state index contributed by atoms with van der Waals surface area (Å²) < 4.78 is 23.9. The molecule has 1 unspecified atom stereocenters. The van der Waals surface area contributed by atoms with E-state index in [4.69, 9.17) is 0 Å². The lowest BCUT2D eigenvalue weighted by Crippen LogP contribution is -2.23. The molecule has 0 aliphatic carbocycles. The van der Waals surface area contributed by atoms with Crippen LogP contribution in [-0.2, 0) is 14.6 Å². The molecule has 0 amide bonds. The standard InChI is InChI=1S/C11H17NO4S/c1-8-4-5-9(2)12(8)10(11(13)14)6-7-17(3,15)16/h4-5,10H,6-7H2,1-3H3,(H,13,14). The number of aromatic nitrogens is 1. The second-order valence-electron chi connectivity index (χ2n) is 4.26. The number of hydrogen-bond acceptors (Lipinski definition) is 3. The third-order valence-corrected chi connectivity index (χ3v) is 3.66. The minimum atomic E-state index is -3.15. The van der Waals surface area contributed by atoms with Crippen molar-refractivity contribution in [1.82, 2.24) is 4.57 Å². The van der Waals surface area contributed by atoms with Crippen LogP contribution in [0.2, 0.25) is 0 Å². The van der Waals surface area contributed by atoms with Crippen molar-refractivity contribution in [3.8, 4) is 0 Å².